The van der Waals surface area contributed by atoms with Gasteiger partial charge in [-0.25, -0.2) is 4.98 Å². The number of pyridine rings is 1. The minimum absolute atomic E-state index is 0.0469. The average Bonchev–Trinajstić information content (AvgIpc) is 3.74. The zero-order valence-corrected chi connectivity index (χ0v) is 19.7. The highest BCUT2D eigenvalue weighted by atomic mass is 16.5. The molecular formula is C26H29N5O3. The number of rotatable bonds is 7. The van der Waals surface area contributed by atoms with Crippen LogP contribution in [0.5, 0.6) is 0 Å². The van der Waals surface area contributed by atoms with Crippen molar-refractivity contribution in [2.45, 2.75) is 64.3 Å². The van der Waals surface area contributed by atoms with E-state index in [2.05, 4.69) is 37.9 Å². The molecule has 1 aromatic carbocycles. The summed E-state index contributed by atoms with van der Waals surface area (Å²) in [6, 6.07) is 10.2. The smallest absolute Gasteiger partial charge is 0.292 e. The van der Waals surface area contributed by atoms with Gasteiger partial charge in [0.05, 0.1) is 0 Å². The van der Waals surface area contributed by atoms with E-state index in [0.717, 1.165) is 42.4 Å². The maximum atomic E-state index is 12.6. The normalized spacial score (nSPS) is 15.7. The van der Waals surface area contributed by atoms with Crippen LogP contribution in [0, 0.1) is 5.92 Å². The average molecular weight is 460 g/mol. The molecule has 3 aromatic rings. The number of carbonyl (C=O) groups excluding carboxylic acids is 2. The van der Waals surface area contributed by atoms with E-state index >= 15 is 0 Å². The topological polar surface area (TPSA) is 110 Å². The lowest BCUT2D eigenvalue weighted by atomic mass is 9.96. The molecule has 0 radical (unpaired) electrons. The second kappa shape index (κ2) is 8.66. The molecule has 8 nitrogen and oxygen atoms in total. The minimum Gasteiger partial charge on any atom is -0.345 e. The van der Waals surface area contributed by atoms with Crippen molar-refractivity contribution in [3.05, 3.63) is 59.4 Å². The van der Waals surface area contributed by atoms with Crippen molar-refractivity contribution in [2.24, 2.45) is 5.92 Å². The highest BCUT2D eigenvalue weighted by Crippen LogP contribution is 2.43. The molecule has 2 saturated carbocycles. The Morgan fingerprint density at radius 2 is 1.82 bits per heavy atom. The second-order valence-electron chi connectivity index (χ2n) is 10.2. The van der Waals surface area contributed by atoms with E-state index in [0.29, 0.717) is 24.2 Å². The summed E-state index contributed by atoms with van der Waals surface area (Å²) in [4.78, 5) is 33.2. The summed E-state index contributed by atoms with van der Waals surface area (Å²) in [5, 5.41) is 9.67. The van der Waals surface area contributed by atoms with Gasteiger partial charge in [0.25, 0.3) is 11.7 Å². The van der Waals surface area contributed by atoms with E-state index in [1.165, 1.54) is 5.56 Å². The Morgan fingerprint density at radius 1 is 1.06 bits per heavy atom. The Labute approximate surface area is 198 Å². The van der Waals surface area contributed by atoms with Gasteiger partial charge >= 0.3 is 0 Å². The van der Waals surface area contributed by atoms with E-state index in [1.807, 2.05) is 39.0 Å². The first kappa shape index (κ1) is 22.3. The largest absolute Gasteiger partial charge is 0.345 e. The molecule has 5 rings (SSSR count). The molecule has 0 saturated heterocycles. The van der Waals surface area contributed by atoms with Gasteiger partial charge < -0.3 is 15.2 Å². The fraction of sp³-hybridized carbons (Fsp3) is 0.423. The molecule has 0 bridgehead atoms. The molecule has 2 heterocycles. The monoisotopic (exact) mass is 459 g/mol. The summed E-state index contributed by atoms with van der Waals surface area (Å²) in [5.41, 5.74) is 4.07. The molecular weight excluding hydrogens is 430 g/mol. The van der Waals surface area contributed by atoms with E-state index in [4.69, 9.17) is 4.52 Å². The molecule has 0 aliphatic heterocycles. The number of benzene rings is 1. The van der Waals surface area contributed by atoms with Crippen LogP contribution in [-0.2, 0) is 16.8 Å². The maximum Gasteiger partial charge on any atom is 0.292 e. The Kier molecular flexibility index (Phi) is 5.67. The molecule has 0 spiro atoms. The fourth-order valence-electron chi connectivity index (χ4n) is 3.84. The molecule has 2 aliphatic carbocycles. The Morgan fingerprint density at radius 3 is 2.50 bits per heavy atom. The van der Waals surface area contributed by atoms with Crippen LogP contribution >= 0.6 is 0 Å². The van der Waals surface area contributed by atoms with Crippen LogP contribution in [0.25, 0.3) is 11.1 Å². The van der Waals surface area contributed by atoms with Crippen LogP contribution in [0.1, 0.15) is 80.0 Å². The fourth-order valence-corrected chi connectivity index (χ4v) is 3.84. The lowest BCUT2D eigenvalue weighted by molar-refractivity contribution is -0.117. The van der Waals surface area contributed by atoms with Crippen molar-refractivity contribution in [3.63, 3.8) is 0 Å². The molecule has 176 valence electrons. The first-order valence-corrected chi connectivity index (χ1v) is 11.8. The van der Waals surface area contributed by atoms with Gasteiger partial charge in [0.2, 0.25) is 11.8 Å². The van der Waals surface area contributed by atoms with Gasteiger partial charge in [-0.1, -0.05) is 44.1 Å². The standard InChI is InChI=1S/C26H29N5O3/c1-26(2,3)25-30-22(31-34-25)24(33)28-14-19-9-8-17(12-20(19)15-4-5-15)18-10-11-27-21(13-18)29-23(32)16-6-7-16/h8-13,15-16H,4-7,14H2,1-3H3,(H,28,33)(H,27,29,32). The van der Waals surface area contributed by atoms with Gasteiger partial charge in [0.15, 0.2) is 0 Å². The first-order valence-electron chi connectivity index (χ1n) is 11.8. The predicted octanol–water partition coefficient (Wildman–Crippen LogP) is 4.59. The molecule has 0 unspecified atom stereocenters. The summed E-state index contributed by atoms with van der Waals surface area (Å²) < 4.78 is 5.24. The number of nitrogens with zero attached hydrogens (tertiary/aromatic N) is 3. The van der Waals surface area contributed by atoms with Gasteiger partial charge in [-0.3, -0.25) is 9.59 Å². The van der Waals surface area contributed by atoms with Crippen molar-refractivity contribution in [3.8, 4) is 11.1 Å². The minimum atomic E-state index is -0.352. The van der Waals surface area contributed by atoms with Crippen LogP contribution in [0.3, 0.4) is 0 Å². The Hall–Kier alpha value is -3.55. The van der Waals surface area contributed by atoms with Crippen molar-refractivity contribution in [2.75, 3.05) is 5.32 Å². The zero-order valence-electron chi connectivity index (χ0n) is 19.7. The number of carbonyl (C=O) groups is 2. The molecule has 2 N–H and O–H groups in total. The molecule has 2 amide bonds. The summed E-state index contributed by atoms with van der Waals surface area (Å²) >= 11 is 0. The van der Waals surface area contributed by atoms with E-state index in [9.17, 15) is 9.59 Å². The van der Waals surface area contributed by atoms with E-state index < -0.39 is 0 Å². The zero-order chi connectivity index (χ0) is 23.9. The number of anilines is 1. The third-order valence-electron chi connectivity index (χ3n) is 6.17. The lowest BCUT2D eigenvalue weighted by Gasteiger charge is -2.13. The van der Waals surface area contributed by atoms with Gasteiger partial charge in [-0.2, -0.15) is 4.98 Å². The van der Waals surface area contributed by atoms with Gasteiger partial charge in [0, 0.05) is 24.1 Å². The summed E-state index contributed by atoms with van der Waals surface area (Å²) in [6.07, 6.45) is 5.92. The highest BCUT2D eigenvalue weighted by molar-refractivity contribution is 5.93. The van der Waals surface area contributed by atoms with Crippen molar-refractivity contribution in [1.29, 1.82) is 0 Å². The number of nitrogens with one attached hydrogen (secondary N) is 2. The highest BCUT2D eigenvalue weighted by Gasteiger charge is 2.30. The van der Waals surface area contributed by atoms with Gasteiger partial charge in [-0.15, -0.1) is 0 Å². The lowest BCUT2D eigenvalue weighted by Crippen LogP contribution is -2.25. The Bertz CT molecular complexity index is 1240. The maximum absolute atomic E-state index is 12.6. The number of hydrogen-bond acceptors (Lipinski definition) is 6. The van der Waals surface area contributed by atoms with Crippen LogP contribution in [0.2, 0.25) is 0 Å². The third kappa shape index (κ3) is 5.00. The van der Waals surface area contributed by atoms with Crippen LogP contribution < -0.4 is 10.6 Å². The summed E-state index contributed by atoms with van der Waals surface area (Å²) in [7, 11) is 0. The molecule has 34 heavy (non-hydrogen) atoms. The number of aromatic nitrogens is 3. The molecule has 2 aliphatic rings. The van der Waals surface area contributed by atoms with Crippen LogP contribution in [-0.4, -0.2) is 26.9 Å². The van der Waals surface area contributed by atoms with Crippen molar-refractivity contribution in [1.82, 2.24) is 20.4 Å². The molecule has 2 fully saturated rings. The van der Waals surface area contributed by atoms with Gasteiger partial charge in [0.1, 0.15) is 5.82 Å². The van der Waals surface area contributed by atoms with E-state index in [-0.39, 0.29) is 29.0 Å². The first-order chi connectivity index (χ1) is 16.3. The summed E-state index contributed by atoms with van der Waals surface area (Å²) in [5.74, 6) is 1.39. The molecule has 8 heteroatoms. The predicted molar refractivity (Wildman–Crippen MR) is 127 cm³/mol. The third-order valence-corrected chi connectivity index (χ3v) is 6.17. The van der Waals surface area contributed by atoms with E-state index in [1.54, 1.807) is 6.20 Å². The quantitative estimate of drug-likeness (QED) is 0.535. The SMILES string of the molecule is CC(C)(C)c1nc(C(=O)NCc2ccc(-c3ccnc(NC(=O)C4CC4)c3)cc2C2CC2)no1. The van der Waals surface area contributed by atoms with Crippen molar-refractivity contribution >= 4 is 17.6 Å². The number of hydrogen-bond donors (Lipinski definition) is 2. The second-order valence-corrected chi connectivity index (χ2v) is 10.2. The van der Waals surface area contributed by atoms with Crippen molar-refractivity contribution < 1.29 is 14.1 Å². The van der Waals surface area contributed by atoms with Crippen LogP contribution in [0.4, 0.5) is 5.82 Å². The Balaban J connectivity index is 1.31. The van der Waals surface area contributed by atoms with Crippen LogP contribution in [0.15, 0.2) is 41.1 Å². The van der Waals surface area contributed by atoms with Gasteiger partial charge in [-0.05, 0) is 66.0 Å². The summed E-state index contributed by atoms with van der Waals surface area (Å²) in [6.45, 7) is 6.26. The molecule has 0 atom stereocenters. The number of amides is 2. The molecule has 2 aromatic heterocycles.